The number of nitrogens with zero attached hydrogens (tertiary/aromatic N) is 2. The molecule has 1 heterocycles. The smallest absolute Gasteiger partial charge is 0.243 e. The summed E-state index contributed by atoms with van der Waals surface area (Å²) < 4.78 is 5.92. The molecule has 3 rings (SSSR count). The van der Waals surface area contributed by atoms with Crippen molar-refractivity contribution in [3.8, 4) is 5.75 Å². The summed E-state index contributed by atoms with van der Waals surface area (Å²) in [4.78, 5) is 33.3. The van der Waals surface area contributed by atoms with Crippen molar-refractivity contribution in [3.63, 3.8) is 0 Å². The molecule has 7 heteroatoms. The number of nitrogens with one attached hydrogen (secondary N) is 2. The van der Waals surface area contributed by atoms with E-state index < -0.39 is 17.6 Å². The Morgan fingerprint density at radius 1 is 0.850 bits per heavy atom. The van der Waals surface area contributed by atoms with Gasteiger partial charge in [-0.3, -0.25) is 19.5 Å². The third kappa shape index (κ3) is 10.5. The van der Waals surface area contributed by atoms with Gasteiger partial charge in [-0.1, -0.05) is 56.3 Å². The molecular formula is C33H44N4O3. The maximum atomic E-state index is 13.7. The summed E-state index contributed by atoms with van der Waals surface area (Å²) in [5, 5.41) is 6.13. The molecule has 2 aromatic carbocycles. The molecule has 1 aromatic heterocycles. The summed E-state index contributed by atoms with van der Waals surface area (Å²) in [6.45, 7) is 11.3. The number of ether oxygens (including phenoxy) is 1. The van der Waals surface area contributed by atoms with Crippen LogP contribution in [-0.2, 0) is 29.0 Å². The minimum Gasteiger partial charge on any atom is -0.489 e. The molecular weight excluding hydrogens is 500 g/mol. The van der Waals surface area contributed by atoms with Crippen molar-refractivity contribution in [1.29, 1.82) is 0 Å². The second-order valence-electron chi connectivity index (χ2n) is 11.8. The van der Waals surface area contributed by atoms with E-state index in [0.29, 0.717) is 25.4 Å². The summed E-state index contributed by atoms with van der Waals surface area (Å²) in [5.41, 5.74) is 2.62. The van der Waals surface area contributed by atoms with Gasteiger partial charge in [-0.15, -0.1) is 0 Å². The van der Waals surface area contributed by atoms with Gasteiger partial charge in [-0.2, -0.15) is 0 Å². The molecule has 0 spiro atoms. The van der Waals surface area contributed by atoms with E-state index in [9.17, 15) is 9.59 Å². The van der Waals surface area contributed by atoms with Crippen LogP contribution in [0.1, 0.15) is 51.3 Å². The molecule has 0 aliphatic heterocycles. The Morgan fingerprint density at radius 3 is 2.08 bits per heavy atom. The molecule has 0 aliphatic rings. The van der Waals surface area contributed by atoms with Gasteiger partial charge in [0, 0.05) is 30.9 Å². The summed E-state index contributed by atoms with van der Waals surface area (Å²) >= 11 is 0. The van der Waals surface area contributed by atoms with Crippen LogP contribution < -0.4 is 15.4 Å². The van der Waals surface area contributed by atoms with E-state index in [0.717, 1.165) is 29.0 Å². The van der Waals surface area contributed by atoms with Gasteiger partial charge in [-0.25, -0.2) is 0 Å². The molecule has 0 radical (unpaired) electrons. The Kier molecular flexibility index (Phi) is 11.3. The summed E-state index contributed by atoms with van der Waals surface area (Å²) in [6, 6.07) is 20.4. The van der Waals surface area contributed by atoms with Crippen LogP contribution in [0.2, 0.25) is 0 Å². The minimum atomic E-state index is -0.727. The van der Waals surface area contributed by atoms with Gasteiger partial charge in [-0.05, 0) is 81.1 Å². The van der Waals surface area contributed by atoms with E-state index in [-0.39, 0.29) is 11.8 Å². The quantitative estimate of drug-likeness (QED) is 0.323. The lowest BCUT2D eigenvalue weighted by Gasteiger charge is -2.31. The lowest BCUT2D eigenvalue weighted by Crippen LogP contribution is -2.57. The molecule has 40 heavy (non-hydrogen) atoms. The zero-order chi connectivity index (χ0) is 29.1. The molecule has 0 bridgehead atoms. The number of rotatable bonds is 13. The summed E-state index contributed by atoms with van der Waals surface area (Å²) in [7, 11) is 1.96. The first-order valence-electron chi connectivity index (χ1n) is 14.0. The Labute approximate surface area is 239 Å². The van der Waals surface area contributed by atoms with E-state index in [4.69, 9.17) is 4.74 Å². The summed E-state index contributed by atoms with van der Waals surface area (Å²) in [6.07, 6.45) is 4.36. The number of carbonyl (C=O) groups excluding carboxylic acids is 2. The Morgan fingerprint density at radius 2 is 1.48 bits per heavy atom. The highest BCUT2D eigenvalue weighted by molar-refractivity contribution is 5.90. The zero-order valence-electron chi connectivity index (χ0n) is 24.7. The van der Waals surface area contributed by atoms with Crippen LogP contribution in [0.25, 0.3) is 0 Å². The fourth-order valence-electron chi connectivity index (χ4n) is 4.53. The average Bonchev–Trinajstić information content (AvgIpc) is 2.90. The Balaban J connectivity index is 1.75. The van der Waals surface area contributed by atoms with Crippen molar-refractivity contribution in [3.05, 3.63) is 95.8 Å². The number of aromatic nitrogens is 1. The predicted octanol–water partition coefficient (Wildman–Crippen LogP) is 4.80. The van der Waals surface area contributed by atoms with Crippen LogP contribution in [0.3, 0.4) is 0 Å². The van der Waals surface area contributed by atoms with Crippen LogP contribution in [0.5, 0.6) is 5.75 Å². The fourth-order valence-corrected chi connectivity index (χ4v) is 4.53. The van der Waals surface area contributed by atoms with Gasteiger partial charge in [0.15, 0.2) is 0 Å². The molecule has 0 saturated carbocycles. The maximum Gasteiger partial charge on any atom is 0.243 e. The second-order valence-corrected chi connectivity index (χ2v) is 11.8. The predicted molar refractivity (Wildman–Crippen MR) is 160 cm³/mol. The molecule has 2 N–H and O–H groups in total. The lowest BCUT2D eigenvalue weighted by molar-refractivity contribution is -0.132. The van der Waals surface area contributed by atoms with E-state index in [1.54, 1.807) is 12.4 Å². The number of hydrogen-bond donors (Lipinski definition) is 2. The number of amides is 2. The molecule has 0 saturated heterocycles. The van der Waals surface area contributed by atoms with Gasteiger partial charge >= 0.3 is 0 Å². The molecule has 214 valence electrons. The first-order chi connectivity index (χ1) is 19.0. The van der Waals surface area contributed by atoms with Gasteiger partial charge in [0.25, 0.3) is 0 Å². The van der Waals surface area contributed by atoms with Gasteiger partial charge in [0.2, 0.25) is 11.8 Å². The van der Waals surface area contributed by atoms with Crippen molar-refractivity contribution in [2.45, 2.75) is 71.7 Å². The third-order valence-corrected chi connectivity index (χ3v) is 6.41. The van der Waals surface area contributed by atoms with Gasteiger partial charge < -0.3 is 15.4 Å². The minimum absolute atomic E-state index is 0.170. The molecule has 0 aliphatic carbocycles. The van der Waals surface area contributed by atoms with Crippen LogP contribution >= 0.6 is 0 Å². The fraction of sp³-hybridized carbons (Fsp3) is 0.424. The number of likely N-dealkylation sites (N-methyl/N-ethyl adjacent to an activating group) is 1. The van der Waals surface area contributed by atoms with Crippen molar-refractivity contribution < 1.29 is 14.3 Å². The third-order valence-electron chi connectivity index (χ3n) is 6.41. The maximum absolute atomic E-state index is 13.7. The first-order valence-corrected chi connectivity index (χ1v) is 14.0. The Hall–Kier alpha value is -3.71. The zero-order valence-corrected chi connectivity index (χ0v) is 24.7. The van der Waals surface area contributed by atoms with E-state index >= 15 is 0 Å². The van der Waals surface area contributed by atoms with Gasteiger partial charge in [0.05, 0.1) is 6.04 Å². The number of pyridine rings is 1. The molecule has 7 nitrogen and oxygen atoms in total. The van der Waals surface area contributed by atoms with Crippen LogP contribution in [0.15, 0.2) is 79.1 Å². The monoisotopic (exact) mass is 544 g/mol. The second kappa shape index (κ2) is 14.6. The van der Waals surface area contributed by atoms with Crippen molar-refractivity contribution in [2.75, 3.05) is 13.6 Å². The number of carbonyl (C=O) groups is 2. The normalized spacial score (nSPS) is 13.1. The highest BCUT2D eigenvalue weighted by Gasteiger charge is 2.30. The van der Waals surface area contributed by atoms with E-state index in [1.807, 2.05) is 94.5 Å². The van der Waals surface area contributed by atoms with E-state index in [1.165, 1.54) is 0 Å². The van der Waals surface area contributed by atoms with Crippen LogP contribution in [-0.4, -0.2) is 52.9 Å². The van der Waals surface area contributed by atoms with Crippen molar-refractivity contribution in [1.82, 2.24) is 20.5 Å². The van der Waals surface area contributed by atoms with E-state index in [2.05, 4.69) is 34.4 Å². The SMILES string of the molecule is CC(C)CN(C)C(Cc1ccncc1)C(=O)NC(Cc1ccc(OCc2ccccc2)cc1)C(=O)NC(C)(C)C. The summed E-state index contributed by atoms with van der Waals surface area (Å²) in [5.74, 6) is 0.761. The average molecular weight is 545 g/mol. The highest BCUT2D eigenvalue weighted by atomic mass is 16.5. The first kappa shape index (κ1) is 30.8. The van der Waals surface area contributed by atoms with Crippen LogP contribution in [0.4, 0.5) is 0 Å². The molecule has 3 aromatic rings. The molecule has 2 atom stereocenters. The number of hydrogen-bond acceptors (Lipinski definition) is 5. The largest absolute Gasteiger partial charge is 0.489 e. The highest BCUT2D eigenvalue weighted by Crippen LogP contribution is 2.17. The van der Waals surface area contributed by atoms with Crippen LogP contribution in [0, 0.1) is 5.92 Å². The number of benzene rings is 2. The standard InChI is InChI=1S/C33H44N4O3/c1-24(2)22-37(6)30(21-26-16-18-34-19-17-26)32(39)35-29(31(38)36-33(3,4)5)20-25-12-14-28(15-13-25)40-23-27-10-8-7-9-11-27/h7-19,24,29-30H,20-23H2,1-6H3,(H,35,39)(H,36,38). The molecule has 2 unspecified atom stereocenters. The molecule has 0 fully saturated rings. The van der Waals surface area contributed by atoms with Gasteiger partial charge in [0.1, 0.15) is 18.4 Å². The lowest BCUT2D eigenvalue weighted by atomic mass is 10.0. The topological polar surface area (TPSA) is 83.6 Å². The molecule has 2 amide bonds. The van der Waals surface area contributed by atoms with Crippen molar-refractivity contribution >= 4 is 11.8 Å². The van der Waals surface area contributed by atoms with Crippen molar-refractivity contribution in [2.24, 2.45) is 5.92 Å². The Bertz CT molecular complexity index is 1190.